The summed E-state index contributed by atoms with van der Waals surface area (Å²) in [6.45, 7) is 3.38. The van der Waals surface area contributed by atoms with E-state index in [9.17, 15) is 4.79 Å². The second kappa shape index (κ2) is 9.09. The first kappa shape index (κ1) is 20.2. The molecular weight excluding hydrogens is 390 g/mol. The molecule has 1 amide bonds. The van der Waals surface area contributed by atoms with Gasteiger partial charge < -0.3 is 10.6 Å². The lowest BCUT2D eigenvalue weighted by Gasteiger charge is -2.16. The van der Waals surface area contributed by atoms with Crippen molar-refractivity contribution in [1.82, 2.24) is 20.0 Å². The molecule has 146 valence electrons. The molecule has 0 aliphatic heterocycles. The van der Waals surface area contributed by atoms with Crippen LogP contribution in [0.3, 0.4) is 0 Å². The zero-order chi connectivity index (χ0) is 20.1. The average Bonchev–Trinajstić information content (AvgIpc) is 3.02. The number of anilines is 2. The predicted octanol–water partition coefficient (Wildman–Crippen LogP) is 4.18. The lowest BCUT2D eigenvalue weighted by Crippen LogP contribution is -2.22. The van der Waals surface area contributed by atoms with Gasteiger partial charge in [-0.15, -0.1) is 5.10 Å². The quantitative estimate of drug-likeness (QED) is 0.569. The number of nitrogens with zero attached hydrogens (tertiary/aromatic N) is 3. The van der Waals surface area contributed by atoms with Gasteiger partial charge in [0, 0.05) is 24.8 Å². The second-order valence-corrected chi connectivity index (χ2v) is 8.22. The van der Waals surface area contributed by atoms with Crippen molar-refractivity contribution in [2.45, 2.75) is 20.1 Å². The Kier molecular flexibility index (Phi) is 6.56. The first-order chi connectivity index (χ1) is 13.4. The van der Waals surface area contributed by atoms with Gasteiger partial charge in [0.05, 0.1) is 6.67 Å². The van der Waals surface area contributed by atoms with Crippen molar-refractivity contribution in [3.8, 4) is 0 Å². The summed E-state index contributed by atoms with van der Waals surface area (Å²) in [5.41, 5.74) is 3.98. The van der Waals surface area contributed by atoms with E-state index in [4.69, 9.17) is 12.2 Å². The third kappa shape index (κ3) is 5.25. The summed E-state index contributed by atoms with van der Waals surface area (Å²) < 4.78 is 2.53. The minimum absolute atomic E-state index is 0.0812. The summed E-state index contributed by atoms with van der Waals surface area (Å²) in [5.74, 6) is -0.0812. The van der Waals surface area contributed by atoms with Crippen molar-refractivity contribution in [3.63, 3.8) is 0 Å². The zero-order valence-electron chi connectivity index (χ0n) is 16.1. The van der Waals surface area contributed by atoms with Gasteiger partial charge in [-0.1, -0.05) is 41.2 Å². The molecule has 0 aliphatic rings. The van der Waals surface area contributed by atoms with Crippen molar-refractivity contribution in [3.05, 3.63) is 69.2 Å². The van der Waals surface area contributed by atoms with Crippen LogP contribution in [-0.4, -0.2) is 34.7 Å². The Morgan fingerprint density at radius 3 is 2.50 bits per heavy atom. The van der Waals surface area contributed by atoms with Crippen LogP contribution in [0.5, 0.6) is 0 Å². The normalized spacial score (nSPS) is 10.9. The number of aromatic nitrogens is 2. The molecule has 0 spiro atoms. The number of nitrogens with one attached hydrogen (secondary N) is 2. The number of carbonyl (C=O) groups is 1. The van der Waals surface area contributed by atoms with E-state index in [0.717, 1.165) is 26.9 Å². The summed E-state index contributed by atoms with van der Waals surface area (Å²) in [7, 11) is 3.64. The molecule has 8 heteroatoms. The molecule has 2 N–H and O–H groups in total. The molecule has 0 unspecified atom stereocenters. The lowest BCUT2D eigenvalue weighted by molar-refractivity contribution is 0.0963. The summed E-state index contributed by atoms with van der Waals surface area (Å²) in [5, 5.41) is 11.3. The predicted molar refractivity (Wildman–Crippen MR) is 117 cm³/mol. The number of carbonyl (C=O) groups excluding carboxylic acids is 1. The van der Waals surface area contributed by atoms with Gasteiger partial charge >= 0.3 is 0 Å². The fourth-order valence-electron chi connectivity index (χ4n) is 2.70. The number of aryl methyl sites for hydroxylation is 1. The first-order valence-electron chi connectivity index (χ1n) is 8.86. The van der Waals surface area contributed by atoms with E-state index in [1.54, 1.807) is 7.05 Å². The van der Waals surface area contributed by atoms with Crippen molar-refractivity contribution in [2.75, 3.05) is 19.4 Å². The molecule has 3 rings (SSSR count). The van der Waals surface area contributed by atoms with Crippen LogP contribution in [0.2, 0.25) is 0 Å². The van der Waals surface area contributed by atoms with Crippen LogP contribution < -0.4 is 10.6 Å². The van der Waals surface area contributed by atoms with Crippen LogP contribution in [0.15, 0.2) is 48.5 Å². The molecule has 0 fully saturated rings. The highest BCUT2D eigenvalue weighted by Crippen LogP contribution is 2.21. The highest BCUT2D eigenvalue weighted by Gasteiger charge is 2.08. The highest BCUT2D eigenvalue weighted by molar-refractivity contribution is 7.73. The molecule has 6 nitrogen and oxygen atoms in total. The van der Waals surface area contributed by atoms with Gasteiger partial charge in [-0.2, -0.15) is 0 Å². The van der Waals surface area contributed by atoms with E-state index in [1.807, 2.05) is 48.1 Å². The molecule has 1 aromatic heterocycles. The number of benzene rings is 2. The van der Waals surface area contributed by atoms with Crippen LogP contribution >= 0.6 is 23.6 Å². The Morgan fingerprint density at radius 1 is 1.18 bits per heavy atom. The molecule has 3 aromatic rings. The minimum atomic E-state index is -0.0812. The van der Waals surface area contributed by atoms with Crippen LogP contribution in [0.4, 0.5) is 10.8 Å². The Balaban J connectivity index is 1.61. The van der Waals surface area contributed by atoms with E-state index in [0.29, 0.717) is 12.2 Å². The van der Waals surface area contributed by atoms with Crippen LogP contribution in [-0.2, 0) is 13.2 Å². The van der Waals surface area contributed by atoms with Gasteiger partial charge in [0.15, 0.2) is 3.95 Å². The van der Waals surface area contributed by atoms with Gasteiger partial charge in [-0.3, -0.25) is 9.69 Å². The van der Waals surface area contributed by atoms with Gasteiger partial charge in [-0.05, 0) is 56.0 Å². The summed E-state index contributed by atoms with van der Waals surface area (Å²) in [6, 6.07) is 15.8. The van der Waals surface area contributed by atoms with Crippen molar-refractivity contribution < 1.29 is 4.79 Å². The summed E-state index contributed by atoms with van der Waals surface area (Å²) in [4.78, 5) is 13.8. The molecule has 0 aliphatic carbocycles. The van der Waals surface area contributed by atoms with E-state index in [2.05, 4.69) is 39.7 Å². The SMILES string of the molecule is CNC(=O)c1ccc(CN(C)Cn2nc(Nc3ccc(C)cc3)sc2=S)cc1. The third-order valence-corrected chi connectivity index (χ3v) is 5.40. The van der Waals surface area contributed by atoms with Gasteiger partial charge in [-0.25, -0.2) is 4.68 Å². The third-order valence-electron chi connectivity index (χ3n) is 4.18. The summed E-state index contributed by atoms with van der Waals surface area (Å²) in [6.07, 6.45) is 0. The molecule has 0 radical (unpaired) electrons. The van der Waals surface area contributed by atoms with Crippen molar-refractivity contribution in [1.29, 1.82) is 0 Å². The Hall–Kier alpha value is -2.55. The lowest BCUT2D eigenvalue weighted by atomic mass is 10.1. The zero-order valence-corrected chi connectivity index (χ0v) is 17.7. The number of amides is 1. The topological polar surface area (TPSA) is 62.2 Å². The van der Waals surface area contributed by atoms with E-state index < -0.39 is 0 Å². The smallest absolute Gasteiger partial charge is 0.251 e. The molecule has 0 bridgehead atoms. The highest BCUT2D eigenvalue weighted by atomic mass is 32.1. The van der Waals surface area contributed by atoms with Gasteiger partial charge in [0.2, 0.25) is 5.13 Å². The number of rotatable bonds is 7. The maximum atomic E-state index is 11.6. The maximum absolute atomic E-state index is 11.6. The first-order valence-corrected chi connectivity index (χ1v) is 10.1. The molecule has 0 atom stereocenters. The number of hydrogen-bond acceptors (Lipinski definition) is 6. The standard InChI is InChI=1S/C20H23N5OS2/c1-14-4-10-17(11-5-14)22-19-23-25(20(27)28-19)13-24(3)12-15-6-8-16(9-7-15)18(26)21-2/h4-11H,12-13H2,1-3H3,(H,21,26)(H,22,23). The maximum Gasteiger partial charge on any atom is 0.251 e. The molecule has 0 saturated carbocycles. The fraction of sp³-hybridized carbons (Fsp3) is 0.250. The van der Waals surface area contributed by atoms with Crippen LogP contribution in [0.25, 0.3) is 0 Å². The molecule has 2 aromatic carbocycles. The Labute approximate surface area is 173 Å². The van der Waals surface area contributed by atoms with Gasteiger partial charge in [0.25, 0.3) is 5.91 Å². The number of hydrogen-bond donors (Lipinski definition) is 2. The molecule has 1 heterocycles. The summed E-state index contributed by atoms with van der Waals surface area (Å²) >= 11 is 6.91. The fourth-order valence-corrected chi connectivity index (χ4v) is 3.72. The van der Waals surface area contributed by atoms with Crippen LogP contribution in [0.1, 0.15) is 21.5 Å². The van der Waals surface area contributed by atoms with Crippen molar-refractivity contribution >= 4 is 40.3 Å². The van der Waals surface area contributed by atoms with E-state index in [-0.39, 0.29) is 5.91 Å². The van der Waals surface area contributed by atoms with Gasteiger partial charge in [0.1, 0.15) is 0 Å². The average molecular weight is 414 g/mol. The van der Waals surface area contributed by atoms with Crippen molar-refractivity contribution in [2.24, 2.45) is 0 Å². The minimum Gasteiger partial charge on any atom is -0.355 e. The Bertz CT molecular complexity index is 993. The van der Waals surface area contributed by atoms with E-state index >= 15 is 0 Å². The molecular formula is C20H23N5OS2. The molecule has 0 saturated heterocycles. The van der Waals surface area contributed by atoms with Crippen LogP contribution in [0, 0.1) is 10.9 Å². The monoisotopic (exact) mass is 413 g/mol. The largest absolute Gasteiger partial charge is 0.355 e. The van der Waals surface area contributed by atoms with E-state index in [1.165, 1.54) is 16.9 Å². The Morgan fingerprint density at radius 2 is 1.86 bits per heavy atom. The second-order valence-electron chi connectivity index (χ2n) is 6.60. The molecule has 28 heavy (non-hydrogen) atoms.